The monoisotopic (exact) mass is 344 g/mol. The third-order valence-corrected chi connectivity index (χ3v) is 4.60. The molecular formula is C15H15Cl2FN2O2. The minimum absolute atomic E-state index is 0.115. The van der Waals surface area contributed by atoms with E-state index in [-0.39, 0.29) is 26.9 Å². The lowest BCUT2D eigenvalue weighted by Gasteiger charge is -2.08. The van der Waals surface area contributed by atoms with E-state index in [2.05, 4.69) is 0 Å². The van der Waals surface area contributed by atoms with E-state index in [0.29, 0.717) is 18.8 Å². The van der Waals surface area contributed by atoms with Crippen LogP contribution in [-0.2, 0) is 13.1 Å². The van der Waals surface area contributed by atoms with Gasteiger partial charge in [0, 0.05) is 18.7 Å². The summed E-state index contributed by atoms with van der Waals surface area (Å²) in [5.41, 5.74) is -0.00414. The van der Waals surface area contributed by atoms with E-state index in [1.807, 2.05) is 0 Å². The highest BCUT2D eigenvalue weighted by molar-refractivity contribution is 6.33. The Morgan fingerprint density at radius 1 is 1.14 bits per heavy atom. The third-order valence-electron chi connectivity index (χ3n) is 3.92. The highest BCUT2D eigenvalue weighted by Crippen LogP contribution is 2.35. The second-order valence-corrected chi connectivity index (χ2v) is 6.01. The highest BCUT2D eigenvalue weighted by Gasteiger charge is 2.24. The van der Waals surface area contributed by atoms with Gasteiger partial charge in [-0.2, -0.15) is 0 Å². The molecule has 0 saturated heterocycles. The van der Waals surface area contributed by atoms with Gasteiger partial charge in [0.25, 0.3) is 5.56 Å². The zero-order chi connectivity index (χ0) is 15.9. The molecular weight excluding hydrogens is 330 g/mol. The summed E-state index contributed by atoms with van der Waals surface area (Å²) in [6.45, 7) is 1.24. The molecule has 118 valence electrons. The summed E-state index contributed by atoms with van der Waals surface area (Å²) in [6, 6.07) is 2.56. The Hall–Kier alpha value is -1.46. The van der Waals surface area contributed by atoms with Gasteiger partial charge in [-0.1, -0.05) is 23.2 Å². The number of rotatable bonds is 2. The van der Waals surface area contributed by atoms with Crippen molar-refractivity contribution in [1.82, 2.24) is 9.36 Å². The molecule has 0 spiro atoms. The SMILES string of the molecule is COc1cc(-c2c(Cl)n3n(c2=O)CCCCC3)c(F)cc1Cl. The molecule has 7 heteroatoms. The van der Waals surface area contributed by atoms with E-state index in [9.17, 15) is 9.18 Å². The quantitative estimate of drug-likeness (QED) is 0.826. The van der Waals surface area contributed by atoms with Crippen LogP contribution in [0.4, 0.5) is 4.39 Å². The normalized spacial score (nSPS) is 14.5. The van der Waals surface area contributed by atoms with Crippen LogP contribution in [0, 0.1) is 5.82 Å². The maximum Gasteiger partial charge on any atom is 0.276 e. The van der Waals surface area contributed by atoms with Gasteiger partial charge in [0.05, 0.1) is 17.7 Å². The van der Waals surface area contributed by atoms with Gasteiger partial charge in [-0.05, 0) is 31.4 Å². The molecule has 1 aromatic heterocycles. The van der Waals surface area contributed by atoms with Crippen LogP contribution in [-0.4, -0.2) is 16.5 Å². The zero-order valence-electron chi connectivity index (χ0n) is 12.0. The number of ether oxygens (including phenoxy) is 1. The Bertz CT molecular complexity index is 783. The smallest absolute Gasteiger partial charge is 0.276 e. The van der Waals surface area contributed by atoms with Gasteiger partial charge in [0.15, 0.2) is 0 Å². The van der Waals surface area contributed by atoms with Crippen molar-refractivity contribution >= 4 is 23.2 Å². The average molecular weight is 345 g/mol. The van der Waals surface area contributed by atoms with Crippen molar-refractivity contribution in [2.75, 3.05) is 7.11 Å². The first-order valence-corrected chi connectivity index (χ1v) is 7.82. The Morgan fingerprint density at radius 2 is 1.82 bits per heavy atom. The van der Waals surface area contributed by atoms with Crippen molar-refractivity contribution in [3.05, 3.63) is 38.5 Å². The molecule has 4 nitrogen and oxygen atoms in total. The highest BCUT2D eigenvalue weighted by atomic mass is 35.5. The van der Waals surface area contributed by atoms with Crippen molar-refractivity contribution < 1.29 is 9.13 Å². The molecule has 0 unspecified atom stereocenters. The van der Waals surface area contributed by atoms with Crippen LogP contribution in [0.5, 0.6) is 5.75 Å². The van der Waals surface area contributed by atoms with Crippen LogP contribution in [0.2, 0.25) is 10.2 Å². The van der Waals surface area contributed by atoms with E-state index in [1.54, 1.807) is 9.36 Å². The Kier molecular flexibility index (Phi) is 4.19. The maximum absolute atomic E-state index is 14.3. The summed E-state index contributed by atoms with van der Waals surface area (Å²) in [7, 11) is 1.44. The Balaban J connectivity index is 2.24. The summed E-state index contributed by atoms with van der Waals surface area (Å²) in [5, 5.41) is 0.413. The first kappa shape index (κ1) is 15.4. The first-order chi connectivity index (χ1) is 10.5. The summed E-state index contributed by atoms with van der Waals surface area (Å²) in [5.74, 6) is -0.286. The van der Waals surface area contributed by atoms with E-state index < -0.39 is 5.82 Å². The lowest BCUT2D eigenvalue weighted by molar-refractivity contribution is 0.414. The second-order valence-electron chi connectivity index (χ2n) is 5.24. The molecule has 0 fully saturated rings. The van der Waals surface area contributed by atoms with Gasteiger partial charge in [0.2, 0.25) is 0 Å². The fourth-order valence-electron chi connectivity index (χ4n) is 2.81. The Labute approximate surface area is 137 Å². The van der Waals surface area contributed by atoms with E-state index in [1.165, 1.54) is 13.2 Å². The number of benzene rings is 1. The first-order valence-electron chi connectivity index (χ1n) is 7.07. The number of aromatic nitrogens is 2. The molecule has 0 atom stereocenters. The van der Waals surface area contributed by atoms with Crippen LogP contribution >= 0.6 is 23.2 Å². The average Bonchev–Trinajstić information content (AvgIpc) is 2.68. The number of nitrogens with zero attached hydrogens (tertiary/aromatic N) is 2. The standard InChI is InChI=1S/C15H15Cl2FN2O2/c1-22-12-7-9(11(18)8-10(12)16)13-14(17)19-5-3-2-4-6-20(19)15(13)21/h7-8H,2-6H2,1H3. The van der Waals surface area contributed by atoms with Crippen LogP contribution in [0.15, 0.2) is 16.9 Å². The Morgan fingerprint density at radius 3 is 2.50 bits per heavy atom. The fraction of sp³-hybridized carbons (Fsp3) is 0.400. The molecule has 0 bridgehead atoms. The fourth-order valence-corrected chi connectivity index (χ4v) is 3.39. The van der Waals surface area contributed by atoms with Gasteiger partial charge in [-0.25, -0.2) is 9.07 Å². The molecule has 1 aliphatic rings. The number of halogens is 3. The summed E-state index contributed by atoms with van der Waals surface area (Å²) in [6.07, 6.45) is 2.90. The number of fused-ring (bicyclic) bond motifs is 1. The molecule has 3 rings (SSSR count). The number of hydrogen-bond donors (Lipinski definition) is 0. The van der Waals surface area contributed by atoms with Gasteiger partial charge >= 0.3 is 0 Å². The van der Waals surface area contributed by atoms with Crippen molar-refractivity contribution in [1.29, 1.82) is 0 Å². The molecule has 0 amide bonds. The molecule has 1 aromatic carbocycles. The minimum atomic E-state index is -0.592. The molecule has 22 heavy (non-hydrogen) atoms. The summed E-state index contributed by atoms with van der Waals surface area (Å²) < 4.78 is 22.7. The predicted molar refractivity (Wildman–Crippen MR) is 84.5 cm³/mol. The molecule has 0 N–H and O–H groups in total. The van der Waals surface area contributed by atoms with Gasteiger partial charge in [0.1, 0.15) is 16.7 Å². The predicted octanol–water partition coefficient (Wildman–Crippen LogP) is 3.96. The minimum Gasteiger partial charge on any atom is -0.495 e. The molecule has 2 heterocycles. The molecule has 2 aromatic rings. The zero-order valence-corrected chi connectivity index (χ0v) is 13.5. The van der Waals surface area contributed by atoms with Crippen molar-refractivity contribution in [3.8, 4) is 16.9 Å². The third kappa shape index (κ3) is 2.42. The molecule has 0 saturated carbocycles. The lowest BCUT2D eigenvalue weighted by Crippen LogP contribution is -2.22. The topological polar surface area (TPSA) is 36.2 Å². The lowest BCUT2D eigenvalue weighted by atomic mass is 10.1. The number of methoxy groups -OCH3 is 1. The van der Waals surface area contributed by atoms with E-state index in [4.69, 9.17) is 27.9 Å². The molecule has 0 radical (unpaired) electrons. The van der Waals surface area contributed by atoms with Crippen LogP contribution in [0.1, 0.15) is 19.3 Å². The van der Waals surface area contributed by atoms with E-state index >= 15 is 0 Å². The largest absolute Gasteiger partial charge is 0.495 e. The second kappa shape index (κ2) is 5.97. The summed E-state index contributed by atoms with van der Waals surface area (Å²) >= 11 is 12.3. The van der Waals surface area contributed by atoms with Gasteiger partial charge in [-0.3, -0.25) is 9.48 Å². The summed E-state index contributed by atoms with van der Waals surface area (Å²) in [4.78, 5) is 12.6. The van der Waals surface area contributed by atoms with Crippen molar-refractivity contribution in [2.24, 2.45) is 0 Å². The maximum atomic E-state index is 14.3. The van der Waals surface area contributed by atoms with Crippen molar-refractivity contribution in [3.63, 3.8) is 0 Å². The van der Waals surface area contributed by atoms with Crippen LogP contribution < -0.4 is 10.3 Å². The van der Waals surface area contributed by atoms with Crippen LogP contribution in [0.25, 0.3) is 11.1 Å². The van der Waals surface area contributed by atoms with E-state index in [0.717, 1.165) is 25.3 Å². The van der Waals surface area contributed by atoms with Crippen LogP contribution in [0.3, 0.4) is 0 Å². The van der Waals surface area contributed by atoms with Crippen molar-refractivity contribution in [2.45, 2.75) is 32.4 Å². The van der Waals surface area contributed by atoms with Gasteiger partial charge in [-0.15, -0.1) is 0 Å². The molecule has 0 aliphatic carbocycles. The number of hydrogen-bond acceptors (Lipinski definition) is 2. The van der Waals surface area contributed by atoms with Gasteiger partial charge < -0.3 is 4.74 Å². The molecule has 1 aliphatic heterocycles.